The first-order chi connectivity index (χ1) is 7.45. The van der Waals surface area contributed by atoms with Crippen LogP contribution in [0.3, 0.4) is 0 Å². The molecular weight excluding hydrogens is 198 g/mol. The van der Waals surface area contributed by atoms with Crippen molar-refractivity contribution in [1.82, 2.24) is 5.32 Å². The number of benzene rings is 1. The molecule has 1 heterocycles. The molecule has 16 heavy (non-hydrogen) atoms. The zero-order chi connectivity index (χ0) is 11.9. The predicted octanol–water partition coefficient (Wildman–Crippen LogP) is 2.98. The molecule has 0 amide bonds. The van der Waals surface area contributed by atoms with Crippen LogP contribution in [-0.2, 0) is 0 Å². The Hall–Kier alpha value is -1.02. The van der Waals surface area contributed by atoms with Gasteiger partial charge in [-0.25, -0.2) is 0 Å². The van der Waals surface area contributed by atoms with E-state index in [1.165, 1.54) is 16.7 Å². The van der Waals surface area contributed by atoms with Crippen molar-refractivity contribution in [1.29, 1.82) is 0 Å². The molecule has 0 spiro atoms. The van der Waals surface area contributed by atoms with Crippen LogP contribution in [0.4, 0.5) is 0 Å². The number of rotatable bonds is 2. The largest absolute Gasteiger partial charge is 0.496 e. The maximum atomic E-state index is 5.39. The van der Waals surface area contributed by atoms with Gasteiger partial charge in [0.05, 0.1) is 7.11 Å². The van der Waals surface area contributed by atoms with E-state index in [0.717, 1.165) is 12.3 Å². The molecule has 0 aromatic heterocycles. The van der Waals surface area contributed by atoms with Crippen molar-refractivity contribution in [2.45, 2.75) is 33.7 Å². The molecule has 0 aliphatic carbocycles. The lowest BCUT2D eigenvalue weighted by Crippen LogP contribution is -2.52. The minimum atomic E-state index is 0.369. The molecule has 1 atom stereocenters. The first-order valence-corrected chi connectivity index (χ1v) is 5.84. The Bertz CT molecular complexity index is 386. The molecule has 1 aliphatic heterocycles. The first-order valence-electron chi connectivity index (χ1n) is 5.84. The van der Waals surface area contributed by atoms with Crippen LogP contribution in [0.1, 0.15) is 36.6 Å². The molecule has 2 heteroatoms. The van der Waals surface area contributed by atoms with Crippen LogP contribution in [0.2, 0.25) is 0 Å². The highest BCUT2D eigenvalue weighted by Crippen LogP contribution is 2.41. The lowest BCUT2D eigenvalue weighted by molar-refractivity contribution is 0.128. The molecule has 0 radical (unpaired) electrons. The third-order valence-electron chi connectivity index (χ3n) is 3.56. The lowest BCUT2D eigenvalue weighted by atomic mass is 9.73. The van der Waals surface area contributed by atoms with E-state index < -0.39 is 0 Å². The van der Waals surface area contributed by atoms with Crippen molar-refractivity contribution in [3.8, 4) is 5.75 Å². The first kappa shape index (κ1) is 11.5. The molecule has 1 fully saturated rings. The van der Waals surface area contributed by atoms with Crippen LogP contribution in [-0.4, -0.2) is 13.7 Å². The minimum absolute atomic E-state index is 0.369. The molecule has 0 bridgehead atoms. The van der Waals surface area contributed by atoms with E-state index >= 15 is 0 Å². The van der Waals surface area contributed by atoms with Gasteiger partial charge in [-0.3, -0.25) is 0 Å². The zero-order valence-electron chi connectivity index (χ0n) is 10.8. The maximum absolute atomic E-state index is 5.39. The van der Waals surface area contributed by atoms with Crippen molar-refractivity contribution in [2.24, 2.45) is 5.41 Å². The van der Waals surface area contributed by atoms with Gasteiger partial charge in [0.1, 0.15) is 5.75 Å². The summed E-state index contributed by atoms with van der Waals surface area (Å²) in [6.07, 6.45) is 0. The smallest absolute Gasteiger partial charge is 0.124 e. The van der Waals surface area contributed by atoms with E-state index in [1.54, 1.807) is 7.11 Å². The van der Waals surface area contributed by atoms with E-state index in [2.05, 4.69) is 45.1 Å². The minimum Gasteiger partial charge on any atom is -0.496 e. The number of nitrogens with one attached hydrogen (secondary N) is 1. The van der Waals surface area contributed by atoms with Crippen molar-refractivity contribution in [3.63, 3.8) is 0 Å². The summed E-state index contributed by atoms with van der Waals surface area (Å²) in [6, 6.07) is 4.96. The van der Waals surface area contributed by atoms with Crippen LogP contribution in [0.25, 0.3) is 0 Å². The summed E-state index contributed by atoms with van der Waals surface area (Å²) in [5, 5.41) is 3.50. The average molecular weight is 219 g/mol. The third-order valence-corrected chi connectivity index (χ3v) is 3.56. The van der Waals surface area contributed by atoms with Gasteiger partial charge >= 0.3 is 0 Å². The molecule has 2 nitrogen and oxygen atoms in total. The van der Waals surface area contributed by atoms with Gasteiger partial charge in [-0.15, -0.1) is 0 Å². The van der Waals surface area contributed by atoms with Gasteiger partial charge in [0.25, 0.3) is 0 Å². The molecule has 88 valence electrons. The number of aryl methyl sites for hydroxylation is 2. The van der Waals surface area contributed by atoms with E-state index in [1.807, 2.05) is 0 Å². The predicted molar refractivity (Wildman–Crippen MR) is 67.0 cm³/mol. The van der Waals surface area contributed by atoms with E-state index in [4.69, 9.17) is 4.74 Å². The van der Waals surface area contributed by atoms with Crippen molar-refractivity contribution < 1.29 is 4.74 Å². The summed E-state index contributed by atoms with van der Waals surface area (Å²) in [4.78, 5) is 0. The van der Waals surface area contributed by atoms with Crippen LogP contribution >= 0.6 is 0 Å². The van der Waals surface area contributed by atoms with Crippen LogP contribution in [0, 0.1) is 19.3 Å². The normalized spacial score (nSPS) is 22.7. The fourth-order valence-electron chi connectivity index (χ4n) is 2.65. The van der Waals surface area contributed by atoms with Gasteiger partial charge in [0, 0.05) is 12.6 Å². The average Bonchev–Trinajstić information content (AvgIpc) is 2.15. The molecule has 2 rings (SSSR count). The Balaban J connectivity index is 2.37. The Morgan fingerprint density at radius 1 is 1.25 bits per heavy atom. The van der Waals surface area contributed by atoms with Crippen molar-refractivity contribution >= 4 is 0 Å². The molecule has 1 aromatic rings. The van der Waals surface area contributed by atoms with Gasteiger partial charge in [-0.05, 0) is 36.0 Å². The van der Waals surface area contributed by atoms with Crippen molar-refractivity contribution in [2.75, 3.05) is 13.7 Å². The second-order valence-electron chi connectivity index (χ2n) is 5.49. The summed E-state index contributed by atoms with van der Waals surface area (Å²) in [6.45, 7) is 9.94. The van der Waals surface area contributed by atoms with Gasteiger partial charge < -0.3 is 10.1 Å². The summed E-state index contributed by atoms with van der Waals surface area (Å²) >= 11 is 0. The highest BCUT2D eigenvalue weighted by molar-refractivity contribution is 5.45. The van der Waals surface area contributed by atoms with Gasteiger partial charge in [0.15, 0.2) is 0 Å². The Kier molecular flexibility index (Phi) is 2.70. The molecular formula is C14H21NO. The fraction of sp³-hybridized carbons (Fsp3) is 0.571. The second kappa shape index (κ2) is 3.77. The van der Waals surface area contributed by atoms with Gasteiger partial charge in [-0.2, -0.15) is 0 Å². The number of ether oxygens (including phenoxy) is 1. The maximum Gasteiger partial charge on any atom is 0.124 e. The highest BCUT2D eigenvalue weighted by atomic mass is 16.5. The van der Waals surface area contributed by atoms with Gasteiger partial charge in [-0.1, -0.05) is 26.0 Å². The standard InChI is InChI=1S/C14H21NO/c1-9-6-11(7-10(2)12(9)16-5)13-14(3,4)8-15-13/h6-7,13,15H,8H2,1-5H3. The second-order valence-corrected chi connectivity index (χ2v) is 5.49. The molecule has 1 N–H and O–H groups in total. The Morgan fingerprint density at radius 3 is 2.12 bits per heavy atom. The number of methoxy groups -OCH3 is 1. The van der Waals surface area contributed by atoms with E-state index in [-0.39, 0.29) is 0 Å². The summed E-state index contributed by atoms with van der Waals surface area (Å²) in [5.41, 5.74) is 4.20. The van der Waals surface area contributed by atoms with Crippen LogP contribution < -0.4 is 10.1 Å². The monoisotopic (exact) mass is 219 g/mol. The Morgan fingerprint density at radius 2 is 1.81 bits per heavy atom. The van der Waals surface area contributed by atoms with E-state index in [0.29, 0.717) is 11.5 Å². The van der Waals surface area contributed by atoms with Crippen LogP contribution in [0.15, 0.2) is 12.1 Å². The van der Waals surface area contributed by atoms with E-state index in [9.17, 15) is 0 Å². The molecule has 1 aliphatic rings. The Labute approximate surface area is 98.0 Å². The molecule has 1 aromatic carbocycles. The quantitative estimate of drug-likeness (QED) is 0.825. The summed E-state index contributed by atoms with van der Waals surface area (Å²) in [5.74, 6) is 1.01. The number of hydrogen-bond acceptors (Lipinski definition) is 2. The highest BCUT2D eigenvalue weighted by Gasteiger charge is 2.39. The molecule has 1 saturated heterocycles. The van der Waals surface area contributed by atoms with Crippen LogP contribution in [0.5, 0.6) is 5.75 Å². The van der Waals surface area contributed by atoms with Gasteiger partial charge in [0.2, 0.25) is 0 Å². The SMILES string of the molecule is COc1c(C)cc(C2NCC2(C)C)cc1C. The summed E-state index contributed by atoms with van der Waals surface area (Å²) in [7, 11) is 1.74. The fourth-order valence-corrected chi connectivity index (χ4v) is 2.65. The molecule has 1 unspecified atom stereocenters. The summed E-state index contributed by atoms with van der Waals surface area (Å²) < 4.78 is 5.39. The third kappa shape index (κ3) is 1.71. The zero-order valence-corrected chi connectivity index (χ0v) is 10.8. The lowest BCUT2D eigenvalue weighted by Gasteiger charge is -2.46. The topological polar surface area (TPSA) is 21.3 Å². The number of hydrogen-bond donors (Lipinski definition) is 1. The molecule has 0 saturated carbocycles. The van der Waals surface area contributed by atoms with Crippen molar-refractivity contribution in [3.05, 3.63) is 28.8 Å².